The maximum Gasteiger partial charge on any atom is 0.192 e. The first kappa shape index (κ1) is 11.6. The molecule has 100 valence electrons. The highest BCUT2D eigenvalue weighted by atomic mass is 16.3. The average Bonchev–Trinajstić information content (AvgIpc) is 2.82. The van der Waals surface area contributed by atoms with E-state index in [4.69, 9.17) is 0 Å². The summed E-state index contributed by atoms with van der Waals surface area (Å²) in [6.45, 7) is 0. The third-order valence-electron chi connectivity index (χ3n) is 4.38. The number of para-hydroxylation sites is 1. The van der Waals surface area contributed by atoms with Crippen molar-refractivity contribution in [2.75, 3.05) is 0 Å². The molecule has 0 aliphatic heterocycles. The smallest absolute Gasteiger partial charge is 0.192 e. The molecule has 1 N–H and O–H groups in total. The number of aromatic hydroxyl groups is 1. The Hall–Kier alpha value is -2.22. The second-order valence-electron chi connectivity index (χ2n) is 5.54. The van der Waals surface area contributed by atoms with Gasteiger partial charge in [0.15, 0.2) is 5.88 Å². The molecule has 2 aromatic carbocycles. The van der Waals surface area contributed by atoms with Crippen molar-refractivity contribution in [1.29, 1.82) is 0 Å². The molecule has 3 aromatic rings. The van der Waals surface area contributed by atoms with E-state index in [1.54, 1.807) is 0 Å². The van der Waals surface area contributed by atoms with Crippen molar-refractivity contribution >= 4 is 10.9 Å². The number of hydrogen-bond donors (Lipinski definition) is 1. The van der Waals surface area contributed by atoms with E-state index in [-0.39, 0.29) is 6.04 Å². The molecule has 2 nitrogen and oxygen atoms in total. The van der Waals surface area contributed by atoms with Crippen LogP contribution in [-0.2, 0) is 6.42 Å². The van der Waals surface area contributed by atoms with Crippen molar-refractivity contribution < 1.29 is 5.11 Å². The summed E-state index contributed by atoms with van der Waals surface area (Å²) in [5.41, 5.74) is 3.89. The van der Waals surface area contributed by atoms with Gasteiger partial charge in [-0.25, -0.2) is 0 Å². The van der Waals surface area contributed by atoms with Crippen molar-refractivity contribution in [3.63, 3.8) is 0 Å². The lowest BCUT2D eigenvalue weighted by atomic mass is 9.87. The largest absolute Gasteiger partial charge is 0.494 e. The van der Waals surface area contributed by atoms with E-state index in [9.17, 15) is 5.11 Å². The van der Waals surface area contributed by atoms with Crippen LogP contribution in [0.15, 0.2) is 54.6 Å². The normalized spacial score (nSPS) is 18.1. The van der Waals surface area contributed by atoms with E-state index < -0.39 is 0 Å². The van der Waals surface area contributed by atoms with Crippen LogP contribution in [0.25, 0.3) is 10.9 Å². The Morgan fingerprint density at radius 1 is 1.00 bits per heavy atom. The van der Waals surface area contributed by atoms with E-state index in [2.05, 4.69) is 41.0 Å². The number of nitrogens with zero attached hydrogens (tertiary/aromatic N) is 1. The SMILES string of the molecule is Oc1cc2ccccc2n1C1CCCc2ccccc21. The second kappa shape index (κ2) is 4.41. The van der Waals surface area contributed by atoms with Crippen LogP contribution in [-0.4, -0.2) is 9.67 Å². The number of aromatic nitrogens is 1. The van der Waals surface area contributed by atoms with E-state index in [1.807, 2.05) is 18.2 Å². The number of rotatable bonds is 1. The highest BCUT2D eigenvalue weighted by Gasteiger charge is 2.24. The standard InChI is InChI=1S/C18H17NO/c20-18-12-14-7-2-4-10-16(14)19(18)17-11-5-8-13-6-1-3-9-15(13)17/h1-4,6-7,9-10,12,17,20H,5,8,11H2. The summed E-state index contributed by atoms with van der Waals surface area (Å²) >= 11 is 0. The zero-order valence-electron chi connectivity index (χ0n) is 11.3. The molecule has 0 fully saturated rings. The van der Waals surface area contributed by atoms with Gasteiger partial charge in [-0.2, -0.15) is 0 Å². The summed E-state index contributed by atoms with van der Waals surface area (Å²) in [6.07, 6.45) is 3.41. The number of hydrogen-bond acceptors (Lipinski definition) is 1. The zero-order chi connectivity index (χ0) is 13.5. The van der Waals surface area contributed by atoms with Gasteiger partial charge in [-0.05, 0) is 36.5 Å². The molecule has 0 spiro atoms. The van der Waals surface area contributed by atoms with Gasteiger partial charge >= 0.3 is 0 Å². The van der Waals surface area contributed by atoms with Crippen molar-refractivity contribution in [3.8, 4) is 5.88 Å². The number of aryl methyl sites for hydroxylation is 1. The van der Waals surface area contributed by atoms with E-state index in [1.165, 1.54) is 17.5 Å². The molecular weight excluding hydrogens is 246 g/mol. The molecule has 0 saturated heterocycles. The molecule has 0 bridgehead atoms. The first-order valence-electron chi connectivity index (χ1n) is 7.21. The molecule has 1 aromatic heterocycles. The Kier molecular flexibility index (Phi) is 2.56. The topological polar surface area (TPSA) is 25.2 Å². The van der Waals surface area contributed by atoms with Gasteiger partial charge in [-0.1, -0.05) is 42.5 Å². The molecule has 0 amide bonds. The van der Waals surface area contributed by atoms with Crippen LogP contribution in [0, 0.1) is 0 Å². The van der Waals surface area contributed by atoms with Gasteiger partial charge in [0, 0.05) is 11.5 Å². The van der Waals surface area contributed by atoms with Crippen molar-refractivity contribution in [2.24, 2.45) is 0 Å². The third kappa shape index (κ3) is 1.64. The number of benzene rings is 2. The molecule has 1 aliphatic rings. The Morgan fingerprint density at radius 2 is 1.80 bits per heavy atom. The van der Waals surface area contributed by atoms with Crippen LogP contribution < -0.4 is 0 Å². The Morgan fingerprint density at radius 3 is 2.75 bits per heavy atom. The number of fused-ring (bicyclic) bond motifs is 2. The van der Waals surface area contributed by atoms with Crippen LogP contribution in [0.3, 0.4) is 0 Å². The average molecular weight is 263 g/mol. The summed E-state index contributed by atoms with van der Waals surface area (Å²) in [5.74, 6) is 0.368. The fourth-order valence-corrected chi connectivity index (χ4v) is 3.49. The predicted molar refractivity (Wildman–Crippen MR) is 81.1 cm³/mol. The maximum atomic E-state index is 10.4. The fraction of sp³-hybridized carbons (Fsp3) is 0.222. The Balaban J connectivity index is 1.95. The van der Waals surface area contributed by atoms with Gasteiger partial charge < -0.3 is 9.67 Å². The van der Waals surface area contributed by atoms with Crippen LogP contribution in [0.4, 0.5) is 0 Å². The molecule has 2 heteroatoms. The third-order valence-corrected chi connectivity index (χ3v) is 4.38. The summed E-state index contributed by atoms with van der Waals surface area (Å²) in [5, 5.41) is 11.5. The second-order valence-corrected chi connectivity index (χ2v) is 5.54. The Labute approximate surface area is 118 Å². The first-order chi connectivity index (χ1) is 9.84. The lowest BCUT2D eigenvalue weighted by Crippen LogP contribution is -2.16. The minimum absolute atomic E-state index is 0.250. The molecule has 0 saturated carbocycles. The molecule has 1 unspecified atom stereocenters. The maximum absolute atomic E-state index is 10.4. The van der Waals surface area contributed by atoms with Gasteiger partial charge in [-0.15, -0.1) is 0 Å². The summed E-state index contributed by atoms with van der Waals surface area (Å²) < 4.78 is 2.09. The van der Waals surface area contributed by atoms with E-state index >= 15 is 0 Å². The molecule has 4 rings (SSSR count). The Bertz CT molecular complexity index is 772. The molecule has 1 aliphatic carbocycles. The zero-order valence-corrected chi connectivity index (χ0v) is 11.3. The molecule has 20 heavy (non-hydrogen) atoms. The van der Waals surface area contributed by atoms with E-state index in [0.717, 1.165) is 23.7 Å². The van der Waals surface area contributed by atoms with Crippen LogP contribution in [0.2, 0.25) is 0 Å². The van der Waals surface area contributed by atoms with Crippen molar-refractivity contribution in [2.45, 2.75) is 25.3 Å². The van der Waals surface area contributed by atoms with Crippen molar-refractivity contribution in [1.82, 2.24) is 4.57 Å². The molecule has 0 radical (unpaired) electrons. The molecule has 1 atom stereocenters. The molecule has 1 heterocycles. The monoisotopic (exact) mass is 263 g/mol. The highest BCUT2D eigenvalue weighted by molar-refractivity contribution is 5.82. The minimum Gasteiger partial charge on any atom is -0.494 e. The first-order valence-corrected chi connectivity index (χ1v) is 7.21. The quantitative estimate of drug-likeness (QED) is 0.696. The van der Waals surface area contributed by atoms with Gasteiger partial charge in [0.05, 0.1) is 11.6 Å². The summed E-state index contributed by atoms with van der Waals surface area (Å²) in [7, 11) is 0. The molecular formula is C18H17NO. The summed E-state index contributed by atoms with van der Waals surface area (Å²) in [4.78, 5) is 0. The van der Waals surface area contributed by atoms with Gasteiger partial charge in [-0.3, -0.25) is 0 Å². The van der Waals surface area contributed by atoms with Crippen LogP contribution >= 0.6 is 0 Å². The van der Waals surface area contributed by atoms with Crippen LogP contribution in [0.5, 0.6) is 5.88 Å². The summed E-state index contributed by atoms with van der Waals surface area (Å²) in [6, 6.07) is 18.9. The lowest BCUT2D eigenvalue weighted by molar-refractivity contribution is 0.388. The lowest BCUT2D eigenvalue weighted by Gasteiger charge is -2.28. The fourth-order valence-electron chi connectivity index (χ4n) is 3.49. The van der Waals surface area contributed by atoms with Gasteiger partial charge in [0.2, 0.25) is 0 Å². The van der Waals surface area contributed by atoms with Gasteiger partial charge in [0.25, 0.3) is 0 Å². The predicted octanol–water partition coefficient (Wildman–Crippen LogP) is 4.27. The minimum atomic E-state index is 0.250. The van der Waals surface area contributed by atoms with Gasteiger partial charge in [0.1, 0.15) is 0 Å². The highest BCUT2D eigenvalue weighted by Crippen LogP contribution is 2.38. The van der Waals surface area contributed by atoms with Crippen molar-refractivity contribution in [3.05, 3.63) is 65.7 Å². The van der Waals surface area contributed by atoms with Crippen LogP contribution in [0.1, 0.15) is 30.0 Å². The van der Waals surface area contributed by atoms with E-state index in [0.29, 0.717) is 5.88 Å².